The molecule has 0 heterocycles. The molecular weight excluding hydrogens is 258 g/mol. The molecule has 20 heavy (non-hydrogen) atoms. The number of nitrogens with one attached hydrogen (secondary N) is 1. The maximum absolute atomic E-state index is 12.1. The third-order valence-corrected chi connectivity index (χ3v) is 3.51. The molecule has 0 spiro atoms. The van der Waals surface area contributed by atoms with E-state index >= 15 is 0 Å². The van der Waals surface area contributed by atoms with Crippen LogP contribution in [0.4, 0.5) is 4.79 Å². The molecule has 0 bridgehead atoms. The lowest BCUT2D eigenvalue weighted by molar-refractivity contribution is -0.137. The van der Waals surface area contributed by atoms with Gasteiger partial charge in [0.25, 0.3) is 0 Å². The number of carbonyl (C=O) groups is 2. The molecule has 0 aromatic carbocycles. The second-order valence-corrected chi connectivity index (χ2v) is 5.23. The van der Waals surface area contributed by atoms with Gasteiger partial charge in [-0.2, -0.15) is 0 Å². The van der Waals surface area contributed by atoms with Crippen molar-refractivity contribution in [3.8, 4) is 0 Å². The van der Waals surface area contributed by atoms with Crippen molar-refractivity contribution in [1.82, 2.24) is 15.1 Å². The maximum Gasteiger partial charge on any atom is 0.317 e. The van der Waals surface area contributed by atoms with Crippen molar-refractivity contribution in [2.75, 3.05) is 32.7 Å². The third-order valence-electron chi connectivity index (χ3n) is 3.51. The molecule has 1 saturated carbocycles. The van der Waals surface area contributed by atoms with E-state index in [2.05, 4.69) is 24.1 Å². The summed E-state index contributed by atoms with van der Waals surface area (Å²) in [5.74, 6) is -0.858. The number of carboxylic acid groups (broad SMARTS) is 1. The maximum atomic E-state index is 12.1. The molecule has 1 fully saturated rings. The van der Waals surface area contributed by atoms with Gasteiger partial charge in [0.05, 0.1) is 6.42 Å². The minimum Gasteiger partial charge on any atom is -0.481 e. The van der Waals surface area contributed by atoms with E-state index in [0.29, 0.717) is 13.1 Å². The molecule has 2 N–H and O–H groups in total. The van der Waals surface area contributed by atoms with E-state index in [4.69, 9.17) is 5.11 Å². The molecule has 0 saturated heterocycles. The van der Waals surface area contributed by atoms with E-state index in [1.54, 1.807) is 4.90 Å². The fraction of sp³-hybridized carbons (Fsp3) is 0.857. The fourth-order valence-corrected chi connectivity index (χ4v) is 2.22. The number of nitrogens with zero attached hydrogens (tertiary/aromatic N) is 2. The molecule has 0 aromatic heterocycles. The van der Waals surface area contributed by atoms with E-state index in [-0.39, 0.29) is 18.5 Å². The molecule has 1 rings (SSSR count). The van der Waals surface area contributed by atoms with Crippen molar-refractivity contribution in [3.05, 3.63) is 0 Å². The Morgan fingerprint density at radius 2 is 1.90 bits per heavy atom. The molecule has 116 valence electrons. The number of hydrogen-bond acceptors (Lipinski definition) is 3. The summed E-state index contributed by atoms with van der Waals surface area (Å²) in [7, 11) is 0. The van der Waals surface area contributed by atoms with Gasteiger partial charge in [0.15, 0.2) is 0 Å². The van der Waals surface area contributed by atoms with E-state index in [0.717, 1.165) is 38.9 Å². The van der Waals surface area contributed by atoms with Crippen molar-refractivity contribution in [2.45, 2.75) is 45.6 Å². The van der Waals surface area contributed by atoms with Gasteiger partial charge in [-0.15, -0.1) is 0 Å². The van der Waals surface area contributed by atoms with Crippen LogP contribution >= 0.6 is 0 Å². The van der Waals surface area contributed by atoms with Crippen LogP contribution in [0.25, 0.3) is 0 Å². The number of likely N-dealkylation sites (N-methyl/N-ethyl adjacent to an activating group) is 1. The molecule has 6 nitrogen and oxygen atoms in total. The Labute approximate surface area is 121 Å². The molecule has 6 heteroatoms. The molecule has 1 aliphatic carbocycles. The summed E-state index contributed by atoms with van der Waals surface area (Å²) in [6.07, 6.45) is 3.10. The van der Waals surface area contributed by atoms with Crippen LogP contribution in [0, 0.1) is 0 Å². The van der Waals surface area contributed by atoms with E-state index < -0.39 is 5.97 Å². The molecule has 0 radical (unpaired) electrons. The van der Waals surface area contributed by atoms with Crippen molar-refractivity contribution >= 4 is 12.0 Å². The number of carboxylic acids is 1. The highest BCUT2D eigenvalue weighted by atomic mass is 16.4. The minimum atomic E-state index is -0.858. The van der Waals surface area contributed by atoms with Gasteiger partial charge in [0.2, 0.25) is 0 Å². The highest BCUT2D eigenvalue weighted by molar-refractivity contribution is 5.76. The summed E-state index contributed by atoms with van der Waals surface area (Å²) in [5, 5.41) is 11.6. The average molecular weight is 285 g/mol. The quantitative estimate of drug-likeness (QED) is 0.636. The van der Waals surface area contributed by atoms with Crippen molar-refractivity contribution < 1.29 is 14.7 Å². The molecule has 2 amide bonds. The van der Waals surface area contributed by atoms with E-state index in [1.165, 1.54) is 0 Å². The van der Waals surface area contributed by atoms with Crippen LogP contribution in [0.5, 0.6) is 0 Å². The second-order valence-electron chi connectivity index (χ2n) is 5.23. The number of amides is 2. The van der Waals surface area contributed by atoms with Crippen LogP contribution in [0.1, 0.15) is 39.5 Å². The van der Waals surface area contributed by atoms with Crippen LogP contribution in [-0.2, 0) is 4.79 Å². The van der Waals surface area contributed by atoms with Gasteiger partial charge in [-0.3, -0.25) is 4.79 Å². The first kappa shape index (κ1) is 16.8. The Hall–Kier alpha value is -1.30. The summed E-state index contributed by atoms with van der Waals surface area (Å²) >= 11 is 0. The molecule has 0 unspecified atom stereocenters. The van der Waals surface area contributed by atoms with Crippen LogP contribution in [-0.4, -0.2) is 65.7 Å². The Balaban J connectivity index is 2.29. The highest BCUT2D eigenvalue weighted by Gasteiger charge is 2.32. The predicted molar refractivity (Wildman–Crippen MR) is 77.8 cm³/mol. The van der Waals surface area contributed by atoms with Crippen molar-refractivity contribution in [1.29, 1.82) is 0 Å². The topological polar surface area (TPSA) is 72.9 Å². The summed E-state index contributed by atoms with van der Waals surface area (Å²) in [4.78, 5) is 26.6. The Morgan fingerprint density at radius 1 is 1.20 bits per heavy atom. The fourth-order valence-electron chi connectivity index (χ4n) is 2.22. The number of urea groups is 1. The zero-order chi connectivity index (χ0) is 15.0. The monoisotopic (exact) mass is 285 g/mol. The van der Waals surface area contributed by atoms with Crippen LogP contribution in [0.15, 0.2) is 0 Å². The van der Waals surface area contributed by atoms with Gasteiger partial charge < -0.3 is 20.2 Å². The number of carbonyl (C=O) groups excluding carboxylic acids is 1. The highest BCUT2D eigenvalue weighted by Crippen LogP contribution is 2.26. The lowest BCUT2D eigenvalue weighted by atomic mass is 10.3. The summed E-state index contributed by atoms with van der Waals surface area (Å²) in [5.41, 5.74) is 0. The van der Waals surface area contributed by atoms with Gasteiger partial charge in [0, 0.05) is 25.7 Å². The van der Waals surface area contributed by atoms with Crippen molar-refractivity contribution in [3.63, 3.8) is 0 Å². The number of rotatable bonds is 10. The number of hydrogen-bond donors (Lipinski definition) is 2. The summed E-state index contributed by atoms with van der Waals surface area (Å²) in [6, 6.07) is 0.119. The second kappa shape index (κ2) is 8.79. The Morgan fingerprint density at radius 3 is 2.40 bits per heavy atom. The SMILES string of the molecule is CCCN(CC)CCNC(=O)N(CCC(=O)O)C1CC1. The third kappa shape index (κ3) is 6.23. The zero-order valence-electron chi connectivity index (χ0n) is 12.6. The average Bonchev–Trinajstić information content (AvgIpc) is 3.22. The lowest BCUT2D eigenvalue weighted by Crippen LogP contribution is -2.45. The smallest absolute Gasteiger partial charge is 0.317 e. The minimum absolute atomic E-state index is 0.0147. The Bertz CT molecular complexity index is 319. The first-order chi connectivity index (χ1) is 9.58. The van der Waals surface area contributed by atoms with Crippen molar-refractivity contribution in [2.24, 2.45) is 0 Å². The molecule has 0 atom stereocenters. The molecule has 0 aliphatic heterocycles. The largest absolute Gasteiger partial charge is 0.481 e. The van der Waals surface area contributed by atoms with E-state index in [1.807, 2.05) is 0 Å². The lowest BCUT2D eigenvalue weighted by Gasteiger charge is -2.24. The van der Waals surface area contributed by atoms with Crippen LogP contribution < -0.4 is 5.32 Å². The van der Waals surface area contributed by atoms with Gasteiger partial charge in [0.1, 0.15) is 0 Å². The summed E-state index contributed by atoms with van der Waals surface area (Å²) in [6.45, 7) is 8.03. The number of aliphatic carboxylic acids is 1. The first-order valence-electron chi connectivity index (χ1n) is 7.57. The normalized spacial score (nSPS) is 14.3. The molecular formula is C14H27N3O3. The van der Waals surface area contributed by atoms with Gasteiger partial charge >= 0.3 is 12.0 Å². The summed E-state index contributed by atoms with van der Waals surface area (Å²) < 4.78 is 0. The standard InChI is InChI=1S/C14H27N3O3/c1-3-9-16(4-2)11-8-15-14(20)17(12-5-6-12)10-7-13(18)19/h12H,3-11H2,1-2H3,(H,15,20)(H,18,19). The van der Waals surface area contributed by atoms with Gasteiger partial charge in [-0.05, 0) is 32.4 Å². The first-order valence-corrected chi connectivity index (χ1v) is 7.57. The van der Waals surface area contributed by atoms with Crippen LogP contribution in [0.3, 0.4) is 0 Å². The molecule has 0 aromatic rings. The zero-order valence-corrected chi connectivity index (χ0v) is 12.6. The predicted octanol–water partition coefficient (Wildman–Crippen LogP) is 1.37. The Kier molecular flexibility index (Phi) is 7.36. The van der Waals surface area contributed by atoms with Crippen LogP contribution in [0.2, 0.25) is 0 Å². The van der Waals surface area contributed by atoms with Gasteiger partial charge in [-0.1, -0.05) is 13.8 Å². The van der Waals surface area contributed by atoms with Gasteiger partial charge in [-0.25, -0.2) is 4.79 Å². The molecule has 1 aliphatic rings. The van der Waals surface area contributed by atoms with E-state index in [9.17, 15) is 9.59 Å².